The lowest BCUT2D eigenvalue weighted by Gasteiger charge is -2.00. The Morgan fingerprint density at radius 1 is 1.42 bits per heavy atom. The van der Waals surface area contributed by atoms with E-state index in [0.717, 1.165) is 11.1 Å². The molecule has 0 aliphatic heterocycles. The molecule has 0 atom stereocenters. The number of hydrazine groups is 1. The third-order valence-corrected chi connectivity index (χ3v) is 2.74. The van der Waals surface area contributed by atoms with E-state index in [-0.39, 0.29) is 5.91 Å². The van der Waals surface area contributed by atoms with Crippen LogP contribution in [0.2, 0.25) is 0 Å². The zero-order valence-corrected chi connectivity index (χ0v) is 10.5. The van der Waals surface area contributed by atoms with E-state index in [1.165, 1.54) is 0 Å². The Morgan fingerprint density at radius 3 is 2.79 bits per heavy atom. The zero-order chi connectivity index (χ0) is 13.7. The summed E-state index contributed by atoms with van der Waals surface area (Å²) in [5.41, 5.74) is 4.39. The summed E-state index contributed by atoms with van der Waals surface area (Å²) in [6.45, 7) is 4.29. The first-order valence-electron chi connectivity index (χ1n) is 5.96. The van der Waals surface area contributed by atoms with Crippen molar-refractivity contribution in [1.82, 2.24) is 15.2 Å². The van der Waals surface area contributed by atoms with Crippen molar-refractivity contribution in [3.8, 4) is 0 Å². The van der Waals surface area contributed by atoms with Gasteiger partial charge >= 0.3 is 0 Å². The van der Waals surface area contributed by atoms with Crippen molar-refractivity contribution in [2.24, 2.45) is 5.84 Å². The highest BCUT2D eigenvalue weighted by Gasteiger charge is 2.14. The summed E-state index contributed by atoms with van der Waals surface area (Å²) in [5, 5.41) is 4.27. The van der Waals surface area contributed by atoms with E-state index in [1.807, 2.05) is 36.5 Å². The van der Waals surface area contributed by atoms with Crippen molar-refractivity contribution >= 4 is 5.91 Å². The molecule has 0 aliphatic rings. The Labute approximate surface area is 111 Å². The predicted octanol–water partition coefficient (Wildman–Crippen LogP) is 1.26. The van der Waals surface area contributed by atoms with Gasteiger partial charge in [-0.15, -0.1) is 6.58 Å². The highest BCUT2D eigenvalue weighted by molar-refractivity contribution is 5.93. The lowest BCUT2D eigenvalue weighted by Crippen LogP contribution is -2.31. The number of carbonyl (C=O) groups is 1. The second kappa shape index (κ2) is 5.97. The molecule has 1 heterocycles. The van der Waals surface area contributed by atoms with Crippen molar-refractivity contribution in [2.45, 2.75) is 13.0 Å². The molecule has 3 N–H and O–H groups in total. The maximum Gasteiger partial charge on any atom is 0.285 e. The van der Waals surface area contributed by atoms with Crippen LogP contribution >= 0.6 is 0 Å². The molecule has 5 heteroatoms. The van der Waals surface area contributed by atoms with Gasteiger partial charge in [0.2, 0.25) is 0 Å². The molecule has 1 aromatic carbocycles. The molecule has 0 bridgehead atoms. The number of carbonyl (C=O) groups excluding carboxylic acids is 1. The van der Waals surface area contributed by atoms with Gasteiger partial charge in [0.25, 0.3) is 5.91 Å². The SMILES string of the molecule is C=CCc1cn(Cc2ccccc2)nc1C(=O)NN. The molecule has 0 unspecified atom stereocenters. The number of nitrogens with zero attached hydrogens (tertiary/aromatic N) is 2. The van der Waals surface area contributed by atoms with Gasteiger partial charge in [-0.2, -0.15) is 5.10 Å². The Morgan fingerprint density at radius 2 is 2.16 bits per heavy atom. The fraction of sp³-hybridized carbons (Fsp3) is 0.143. The monoisotopic (exact) mass is 256 g/mol. The largest absolute Gasteiger partial charge is 0.289 e. The second-order valence-electron chi connectivity index (χ2n) is 4.15. The third kappa shape index (κ3) is 3.08. The Hall–Kier alpha value is -2.40. The van der Waals surface area contributed by atoms with Gasteiger partial charge in [0.1, 0.15) is 0 Å². The molecule has 19 heavy (non-hydrogen) atoms. The molecule has 0 radical (unpaired) electrons. The molecule has 0 aliphatic carbocycles. The van der Waals surface area contributed by atoms with Crippen molar-refractivity contribution in [3.63, 3.8) is 0 Å². The zero-order valence-electron chi connectivity index (χ0n) is 10.5. The second-order valence-corrected chi connectivity index (χ2v) is 4.15. The van der Waals surface area contributed by atoms with Crippen LogP contribution in [0.1, 0.15) is 21.6 Å². The Balaban J connectivity index is 2.27. The van der Waals surface area contributed by atoms with E-state index in [4.69, 9.17) is 5.84 Å². The lowest BCUT2D eigenvalue weighted by molar-refractivity contribution is 0.0947. The summed E-state index contributed by atoms with van der Waals surface area (Å²) < 4.78 is 1.73. The molecule has 0 spiro atoms. The molecular formula is C14H16N4O. The highest BCUT2D eigenvalue weighted by Crippen LogP contribution is 2.10. The minimum absolute atomic E-state index is 0.346. The topological polar surface area (TPSA) is 72.9 Å². The molecule has 0 saturated carbocycles. The van der Waals surface area contributed by atoms with Crippen molar-refractivity contribution in [3.05, 3.63) is 66.0 Å². The first-order chi connectivity index (χ1) is 9.24. The van der Waals surface area contributed by atoms with Crippen molar-refractivity contribution in [1.29, 1.82) is 0 Å². The molecular weight excluding hydrogens is 240 g/mol. The summed E-state index contributed by atoms with van der Waals surface area (Å²) in [7, 11) is 0. The van der Waals surface area contributed by atoms with Crippen molar-refractivity contribution in [2.75, 3.05) is 0 Å². The van der Waals surface area contributed by atoms with Crippen LogP contribution in [0.3, 0.4) is 0 Å². The van der Waals surface area contributed by atoms with Gasteiger partial charge in [-0.25, -0.2) is 5.84 Å². The van der Waals surface area contributed by atoms with Gasteiger partial charge in [-0.05, 0) is 12.0 Å². The van der Waals surface area contributed by atoms with E-state index in [1.54, 1.807) is 10.8 Å². The smallest absolute Gasteiger partial charge is 0.285 e. The first kappa shape index (κ1) is 13.0. The average molecular weight is 256 g/mol. The summed E-state index contributed by atoms with van der Waals surface area (Å²) in [4.78, 5) is 11.6. The maximum atomic E-state index is 11.6. The van der Waals surface area contributed by atoms with Crippen molar-refractivity contribution < 1.29 is 4.79 Å². The Kier molecular flexibility index (Phi) is 4.10. The minimum atomic E-state index is -0.385. The van der Waals surface area contributed by atoms with Gasteiger partial charge in [-0.3, -0.25) is 14.9 Å². The average Bonchev–Trinajstić information content (AvgIpc) is 2.82. The summed E-state index contributed by atoms with van der Waals surface area (Å²) >= 11 is 0. The van der Waals surface area contributed by atoms with E-state index in [2.05, 4.69) is 17.1 Å². The summed E-state index contributed by atoms with van der Waals surface area (Å²) in [5.74, 6) is 4.77. The molecule has 0 fully saturated rings. The molecule has 98 valence electrons. The van der Waals surface area contributed by atoms with Gasteiger partial charge < -0.3 is 0 Å². The third-order valence-electron chi connectivity index (χ3n) is 2.74. The number of hydrogen-bond donors (Lipinski definition) is 2. The van der Waals surface area contributed by atoms with Crippen LogP contribution in [-0.2, 0) is 13.0 Å². The number of allylic oxidation sites excluding steroid dienone is 1. The van der Waals surface area contributed by atoms with Gasteiger partial charge in [-0.1, -0.05) is 36.4 Å². The van der Waals surface area contributed by atoms with Crippen LogP contribution in [0.4, 0.5) is 0 Å². The fourth-order valence-corrected chi connectivity index (χ4v) is 1.88. The van der Waals surface area contributed by atoms with Crippen LogP contribution in [0.15, 0.2) is 49.2 Å². The number of nitrogen functional groups attached to an aromatic ring is 1. The van der Waals surface area contributed by atoms with Gasteiger partial charge in [0.05, 0.1) is 6.54 Å². The number of benzene rings is 1. The van der Waals surface area contributed by atoms with Gasteiger partial charge in [0, 0.05) is 11.8 Å². The number of aromatic nitrogens is 2. The minimum Gasteiger partial charge on any atom is -0.289 e. The maximum absolute atomic E-state index is 11.6. The fourth-order valence-electron chi connectivity index (χ4n) is 1.88. The van der Waals surface area contributed by atoms with Crippen LogP contribution < -0.4 is 11.3 Å². The Bertz CT molecular complexity index is 574. The van der Waals surface area contributed by atoms with Crippen LogP contribution in [0.25, 0.3) is 0 Å². The molecule has 2 aromatic rings. The van der Waals surface area contributed by atoms with Crippen LogP contribution in [0, 0.1) is 0 Å². The van der Waals surface area contributed by atoms with Gasteiger partial charge in [0.15, 0.2) is 5.69 Å². The van der Waals surface area contributed by atoms with E-state index >= 15 is 0 Å². The van der Waals surface area contributed by atoms with E-state index in [0.29, 0.717) is 18.7 Å². The number of nitrogens with two attached hydrogens (primary N) is 1. The molecule has 5 nitrogen and oxygen atoms in total. The molecule has 1 aromatic heterocycles. The summed E-state index contributed by atoms with van der Waals surface area (Å²) in [6.07, 6.45) is 4.16. The van der Waals surface area contributed by atoms with E-state index in [9.17, 15) is 4.79 Å². The number of nitrogens with one attached hydrogen (secondary N) is 1. The highest BCUT2D eigenvalue weighted by atomic mass is 16.2. The summed E-state index contributed by atoms with van der Waals surface area (Å²) in [6, 6.07) is 9.92. The quantitative estimate of drug-likeness (QED) is 0.366. The number of hydrogen-bond acceptors (Lipinski definition) is 3. The first-order valence-corrected chi connectivity index (χ1v) is 5.96. The lowest BCUT2D eigenvalue weighted by atomic mass is 10.2. The molecule has 1 amide bonds. The standard InChI is InChI=1S/C14H16N4O/c1-2-6-12-10-18(17-13(12)14(19)16-15)9-11-7-4-3-5-8-11/h2-5,7-8,10H,1,6,9,15H2,(H,16,19). The molecule has 2 rings (SSSR count). The normalized spacial score (nSPS) is 10.2. The number of amides is 1. The van der Waals surface area contributed by atoms with E-state index < -0.39 is 0 Å². The molecule has 0 saturated heterocycles. The van der Waals surface area contributed by atoms with Crippen LogP contribution in [-0.4, -0.2) is 15.7 Å². The van der Waals surface area contributed by atoms with Crippen LogP contribution in [0.5, 0.6) is 0 Å². The predicted molar refractivity (Wildman–Crippen MR) is 73.3 cm³/mol. The number of rotatable bonds is 5.